The summed E-state index contributed by atoms with van der Waals surface area (Å²) in [5, 5.41) is 18.6. The molecule has 0 radical (unpaired) electrons. The van der Waals surface area contributed by atoms with Crippen LogP contribution in [0.5, 0.6) is 5.75 Å². The molecule has 0 aromatic heterocycles. The first-order valence-corrected chi connectivity index (χ1v) is 6.57. The molecule has 0 saturated heterocycles. The fourth-order valence-electron chi connectivity index (χ4n) is 1.74. The molecule has 0 fully saturated rings. The van der Waals surface area contributed by atoms with Gasteiger partial charge in [0.15, 0.2) is 0 Å². The molecule has 4 nitrogen and oxygen atoms in total. The van der Waals surface area contributed by atoms with E-state index in [1.807, 2.05) is 12.1 Å². The van der Waals surface area contributed by atoms with Crippen LogP contribution in [0.3, 0.4) is 0 Å². The summed E-state index contributed by atoms with van der Waals surface area (Å²) in [6.45, 7) is 0. The molecular weight excluding hydrogens is 300 g/mol. The Balaban J connectivity index is 2.57. The van der Waals surface area contributed by atoms with E-state index in [4.69, 9.17) is 9.84 Å². The minimum Gasteiger partial charge on any atom is -0.496 e. The molecule has 0 aliphatic rings. The normalized spacial score (nSPS) is 12.2. The smallest absolute Gasteiger partial charge is 0.303 e. The number of hydrogen-bond donors (Lipinski definition) is 2. The average molecular weight is 317 g/mol. The molecular formula is C13H17BrO4. The van der Waals surface area contributed by atoms with Gasteiger partial charge in [0.2, 0.25) is 0 Å². The molecule has 0 aliphatic heterocycles. The van der Waals surface area contributed by atoms with Gasteiger partial charge in [-0.25, -0.2) is 0 Å². The van der Waals surface area contributed by atoms with E-state index in [2.05, 4.69) is 15.9 Å². The molecule has 1 rings (SSSR count). The zero-order chi connectivity index (χ0) is 13.5. The zero-order valence-corrected chi connectivity index (χ0v) is 11.8. The number of ether oxygens (including phenoxy) is 1. The number of unbranched alkanes of at least 4 members (excludes halogenated alkanes) is 1. The Morgan fingerprint density at radius 1 is 1.44 bits per heavy atom. The zero-order valence-electron chi connectivity index (χ0n) is 10.2. The number of aliphatic carboxylic acids is 1. The summed E-state index contributed by atoms with van der Waals surface area (Å²) in [6, 6.07) is 5.46. The first kappa shape index (κ1) is 15.0. The fourth-order valence-corrected chi connectivity index (χ4v) is 2.11. The van der Waals surface area contributed by atoms with Gasteiger partial charge in [0.05, 0.1) is 13.2 Å². The molecule has 0 bridgehead atoms. The van der Waals surface area contributed by atoms with Gasteiger partial charge >= 0.3 is 5.97 Å². The Kier molecular flexibility index (Phi) is 6.15. The van der Waals surface area contributed by atoms with Crippen molar-refractivity contribution in [3.05, 3.63) is 28.2 Å². The van der Waals surface area contributed by atoms with E-state index in [9.17, 15) is 9.90 Å². The Hall–Kier alpha value is -1.07. The highest BCUT2D eigenvalue weighted by Gasteiger charge is 2.13. The molecule has 1 unspecified atom stereocenters. The van der Waals surface area contributed by atoms with E-state index in [0.717, 1.165) is 10.0 Å². The quantitative estimate of drug-likeness (QED) is 0.758. The van der Waals surface area contributed by atoms with Crippen molar-refractivity contribution in [1.29, 1.82) is 0 Å². The Morgan fingerprint density at radius 2 is 2.17 bits per heavy atom. The summed E-state index contributed by atoms with van der Waals surface area (Å²) in [7, 11) is 1.56. The molecule has 1 aromatic carbocycles. The SMILES string of the molecule is COc1ccc(Br)cc1C(O)CCCCC(=O)O. The largest absolute Gasteiger partial charge is 0.496 e. The van der Waals surface area contributed by atoms with E-state index >= 15 is 0 Å². The van der Waals surface area contributed by atoms with E-state index in [-0.39, 0.29) is 6.42 Å². The highest BCUT2D eigenvalue weighted by molar-refractivity contribution is 9.10. The van der Waals surface area contributed by atoms with Crippen LogP contribution in [0, 0.1) is 0 Å². The Labute approximate surface area is 115 Å². The van der Waals surface area contributed by atoms with Gasteiger partial charge in [0.1, 0.15) is 5.75 Å². The molecule has 0 spiro atoms. The molecule has 0 aliphatic carbocycles. The third kappa shape index (κ3) is 4.66. The van der Waals surface area contributed by atoms with Gasteiger partial charge in [-0.1, -0.05) is 15.9 Å². The third-order valence-corrected chi connectivity index (χ3v) is 3.16. The van der Waals surface area contributed by atoms with Gasteiger partial charge in [-0.15, -0.1) is 0 Å². The first-order valence-electron chi connectivity index (χ1n) is 5.78. The van der Waals surface area contributed by atoms with Crippen LogP contribution in [-0.2, 0) is 4.79 Å². The van der Waals surface area contributed by atoms with E-state index in [1.54, 1.807) is 13.2 Å². The number of halogens is 1. The summed E-state index contributed by atoms with van der Waals surface area (Å²) >= 11 is 3.35. The summed E-state index contributed by atoms with van der Waals surface area (Å²) < 4.78 is 6.07. The Bertz CT molecular complexity index is 406. The second-order valence-corrected chi connectivity index (χ2v) is 4.96. The standard InChI is InChI=1S/C13H17BrO4/c1-18-12-7-6-9(14)8-10(12)11(15)4-2-3-5-13(16)17/h6-8,11,15H,2-5H2,1H3,(H,16,17). The van der Waals surface area contributed by atoms with Crippen LogP contribution in [-0.4, -0.2) is 23.3 Å². The lowest BCUT2D eigenvalue weighted by atomic mass is 10.0. The molecule has 1 atom stereocenters. The van der Waals surface area contributed by atoms with Crippen LogP contribution in [0.4, 0.5) is 0 Å². The molecule has 0 heterocycles. The van der Waals surface area contributed by atoms with E-state index in [1.165, 1.54) is 0 Å². The van der Waals surface area contributed by atoms with Crippen molar-refractivity contribution in [2.24, 2.45) is 0 Å². The summed E-state index contributed by atoms with van der Waals surface area (Å²) in [6.07, 6.45) is 1.28. The highest BCUT2D eigenvalue weighted by atomic mass is 79.9. The number of methoxy groups -OCH3 is 1. The molecule has 18 heavy (non-hydrogen) atoms. The topological polar surface area (TPSA) is 66.8 Å². The van der Waals surface area contributed by atoms with Gasteiger partial charge in [0, 0.05) is 16.5 Å². The van der Waals surface area contributed by atoms with Crippen LogP contribution in [0.25, 0.3) is 0 Å². The number of carboxylic acid groups (broad SMARTS) is 1. The van der Waals surface area contributed by atoms with Crippen LogP contribution >= 0.6 is 15.9 Å². The second kappa shape index (κ2) is 7.38. The molecule has 0 saturated carbocycles. The van der Waals surface area contributed by atoms with Crippen LogP contribution < -0.4 is 4.74 Å². The minimum atomic E-state index is -0.801. The third-order valence-electron chi connectivity index (χ3n) is 2.67. The second-order valence-electron chi connectivity index (χ2n) is 4.04. The van der Waals surface area contributed by atoms with E-state index in [0.29, 0.717) is 25.0 Å². The fraction of sp³-hybridized carbons (Fsp3) is 0.462. The van der Waals surface area contributed by atoms with Gasteiger partial charge < -0.3 is 14.9 Å². The average Bonchev–Trinajstić information content (AvgIpc) is 2.34. The first-order chi connectivity index (χ1) is 8.54. The van der Waals surface area contributed by atoms with Gasteiger partial charge in [-0.05, 0) is 37.5 Å². The Morgan fingerprint density at radius 3 is 2.78 bits per heavy atom. The number of benzene rings is 1. The number of rotatable bonds is 7. The highest BCUT2D eigenvalue weighted by Crippen LogP contribution is 2.31. The summed E-state index contributed by atoms with van der Waals surface area (Å²) in [5.41, 5.74) is 0.724. The number of carbonyl (C=O) groups is 1. The van der Waals surface area contributed by atoms with Gasteiger partial charge in [-0.2, -0.15) is 0 Å². The number of aliphatic hydroxyl groups excluding tert-OH is 1. The molecule has 5 heteroatoms. The summed E-state index contributed by atoms with van der Waals surface area (Å²) in [5.74, 6) is -0.159. The molecule has 0 amide bonds. The van der Waals surface area contributed by atoms with Crippen LogP contribution in [0.15, 0.2) is 22.7 Å². The predicted octanol–water partition coefficient (Wildman–Crippen LogP) is 3.14. The van der Waals surface area contributed by atoms with Gasteiger partial charge in [0.25, 0.3) is 0 Å². The monoisotopic (exact) mass is 316 g/mol. The lowest BCUT2D eigenvalue weighted by Crippen LogP contribution is -2.02. The maximum atomic E-state index is 10.4. The lowest BCUT2D eigenvalue weighted by molar-refractivity contribution is -0.137. The minimum absolute atomic E-state index is 0.141. The van der Waals surface area contributed by atoms with Crippen molar-refractivity contribution in [1.82, 2.24) is 0 Å². The molecule has 1 aromatic rings. The van der Waals surface area contributed by atoms with Crippen molar-refractivity contribution < 1.29 is 19.7 Å². The van der Waals surface area contributed by atoms with Crippen molar-refractivity contribution in [3.8, 4) is 5.75 Å². The number of aliphatic hydroxyl groups is 1. The lowest BCUT2D eigenvalue weighted by Gasteiger charge is -2.15. The number of hydrogen-bond acceptors (Lipinski definition) is 3. The maximum absolute atomic E-state index is 10.4. The van der Waals surface area contributed by atoms with Gasteiger partial charge in [-0.3, -0.25) is 4.79 Å². The molecule has 100 valence electrons. The van der Waals surface area contributed by atoms with Crippen molar-refractivity contribution >= 4 is 21.9 Å². The summed E-state index contributed by atoms with van der Waals surface area (Å²) in [4.78, 5) is 10.4. The van der Waals surface area contributed by atoms with Crippen LogP contribution in [0.2, 0.25) is 0 Å². The van der Waals surface area contributed by atoms with E-state index < -0.39 is 12.1 Å². The molecule has 2 N–H and O–H groups in total. The predicted molar refractivity (Wildman–Crippen MR) is 71.8 cm³/mol. The van der Waals surface area contributed by atoms with Crippen molar-refractivity contribution in [2.45, 2.75) is 31.8 Å². The van der Waals surface area contributed by atoms with Crippen molar-refractivity contribution in [2.75, 3.05) is 7.11 Å². The van der Waals surface area contributed by atoms with Crippen molar-refractivity contribution in [3.63, 3.8) is 0 Å². The number of carboxylic acids is 1. The van der Waals surface area contributed by atoms with Crippen LogP contribution in [0.1, 0.15) is 37.4 Å². The maximum Gasteiger partial charge on any atom is 0.303 e.